The average molecular weight is 303 g/mol. The Balaban J connectivity index is 1.73. The third kappa shape index (κ3) is 2.76. The topological polar surface area (TPSA) is 74.0 Å². The van der Waals surface area contributed by atoms with Crippen LogP contribution in [0, 0.1) is 5.92 Å². The first-order valence-corrected chi connectivity index (χ1v) is 7.69. The first-order chi connectivity index (χ1) is 10.7. The van der Waals surface area contributed by atoms with Gasteiger partial charge in [-0.3, -0.25) is 14.2 Å². The van der Waals surface area contributed by atoms with Gasteiger partial charge in [-0.2, -0.15) is 10.2 Å². The van der Waals surface area contributed by atoms with Crippen molar-refractivity contribution in [2.75, 3.05) is 11.9 Å². The van der Waals surface area contributed by atoms with E-state index in [-0.39, 0.29) is 17.9 Å². The summed E-state index contributed by atoms with van der Waals surface area (Å²) in [5.41, 5.74) is 1.69. The second-order valence-electron chi connectivity index (χ2n) is 5.33. The summed E-state index contributed by atoms with van der Waals surface area (Å²) in [5.74, 6) is -0.228. The zero-order chi connectivity index (χ0) is 15.5. The van der Waals surface area contributed by atoms with Crippen LogP contribution in [0.2, 0.25) is 0 Å². The maximum Gasteiger partial charge on any atom is 0.230 e. The van der Waals surface area contributed by atoms with Crippen molar-refractivity contribution in [3.63, 3.8) is 0 Å². The lowest BCUT2D eigenvalue weighted by Crippen LogP contribution is -2.26. The van der Waals surface area contributed by atoms with Crippen molar-refractivity contribution in [3.8, 4) is 0 Å². The molecule has 118 valence electrons. The molecule has 0 spiro atoms. The van der Waals surface area contributed by atoms with Crippen LogP contribution in [-0.2, 0) is 22.6 Å². The van der Waals surface area contributed by atoms with Gasteiger partial charge in [-0.05, 0) is 26.3 Å². The first kappa shape index (κ1) is 14.8. The van der Waals surface area contributed by atoms with Gasteiger partial charge in [-0.1, -0.05) is 0 Å². The summed E-state index contributed by atoms with van der Waals surface area (Å²) in [6.45, 7) is 6.16. The van der Waals surface area contributed by atoms with E-state index in [0.717, 1.165) is 24.5 Å². The Morgan fingerprint density at radius 3 is 3.00 bits per heavy atom. The summed E-state index contributed by atoms with van der Waals surface area (Å²) in [6.07, 6.45) is 5.74. The zero-order valence-electron chi connectivity index (χ0n) is 12.9. The molecular weight excluding hydrogens is 282 g/mol. The van der Waals surface area contributed by atoms with Gasteiger partial charge in [-0.25, -0.2) is 0 Å². The predicted octanol–water partition coefficient (Wildman–Crippen LogP) is 1.84. The molecule has 1 aliphatic heterocycles. The van der Waals surface area contributed by atoms with Crippen molar-refractivity contribution < 1.29 is 9.53 Å². The third-order valence-corrected chi connectivity index (χ3v) is 3.99. The molecule has 7 nitrogen and oxygen atoms in total. The van der Waals surface area contributed by atoms with Crippen molar-refractivity contribution in [2.24, 2.45) is 5.92 Å². The number of hydrogen-bond acceptors (Lipinski definition) is 4. The maximum atomic E-state index is 12.6. The lowest BCUT2D eigenvalue weighted by molar-refractivity contribution is -0.121. The monoisotopic (exact) mass is 303 g/mol. The molecule has 0 aromatic carbocycles. The predicted molar refractivity (Wildman–Crippen MR) is 81.2 cm³/mol. The van der Waals surface area contributed by atoms with Gasteiger partial charge in [0.05, 0.1) is 23.5 Å². The van der Waals surface area contributed by atoms with Gasteiger partial charge in [0.15, 0.2) is 0 Å². The van der Waals surface area contributed by atoms with E-state index >= 15 is 0 Å². The van der Waals surface area contributed by atoms with E-state index < -0.39 is 0 Å². The highest BCUT2D eigenvalue weighted by Crippen LogP contribution is 2.35. The molecule has 0 aliphatic carbocycles. The highest BCUT2D eigenvalue weighted by Gasteiger charge is 2.37. The molecule has 1 amide bonds. The van der Waals surface area contributed by atoms with E-state index in [0.29, 0.717) is 13.0 Å². The van der Waals surface area contributed by atoms with Gasteiger partial charge in [0.25, 0.3) is 0 Å². The van der Waals surface area contributed by atoms with Crippen molar-refractivity contribution >= 4 is 11.6 Å². The lowest BCUT2D eigenvalue weighted by atomic mass is 9.98. The van der Waals surface area contributed by atoms with Crippen LogP contribution in [0.5, 0.6) is 0 Å². The second kappa shape index (κ2) is 6.31. The van der Waals surface area contributed by atoms with Crippen LogP contribution in [-0.4, -0.2) is 32.1 Å². The SMILES string of the molecule is CCn1cc(NC(=O)[C@@H]2CCO[C@H]2c2ccnn2CC)cn1. The van der Waals surface area contributed by atoms with Crippen LogP contribution in [0.15, 0.2) is 24.7 Å². The number of ether oxygens (including phenoxy) is 1. The number of hydrogen-bond donors (Lipinski definition) is 1. The minimum Gasteiger partial charge on any atom is -0.371 e. The fourth-order valence-corrected chi connectivity index (χ4v) is 2.83. The Labute approximate surface area is 129 Å². The zero-order valence-corrected chi connectivity index (χ0v) is 12.9. The molecule has 1 fully saturated rings. The van der Waals surface area contributed by atoms with Crippen LogP contribution in [0.25, 0.3) is 0 Å². The molecule has 0 saturated carbocycles. The summed E-state index contributed by atoms with van der Waals surface area (Å²) >= 11 is 0. The highest BCUT2D eigenvalue weighted by atomic mass is 16.5. The Kier molecular flexibility index (Phi) is 4.24. The minimum atomic E-state index is -0.233. The Morgan fingerprint density at radius 2 is 2.27 bits per heavy atom. The molecule has 2 atom stereocenters. The fraction of sp³-hybridized carbons (Fsp3) is 0.533. The number of anilines is 1. The van der Waals surface area contributed by atoms with Crippen LogP contribution < -0.4 is 5.32 Å². The molecule has 3 rings (SSSR count). The van der Waals surface area contributed by atoms with E-state index in [1.165, 1.54) is 0 Å². The molecular formula is C15H21N5O2. The number of aryl methyl sites for hydroxylation is 2. The molecule has 1 aliphatic rings. The van der Waals surface area contributed by atoms with E-state index in [2.05, 4.69) is 15.5 Å². The molecule has 2 aromatic rings. The molecule has 1 N–H and O–H groups in total. The van der Waals surface area contributed by atoms with Gasteiger partial charge in [0.1, 0.15) is 6.10 Å². The second-order valence-corrected chi connectivity index (χ2v) is 5.33. The fourth-order valence-electron chi connectivity index (χ4n) is 2.83. The summed E-state index contributed by atoms with van der Waals surface area (Å²) in [4.78, 5) is 12.6. The third-order valence-electron chi connectivity index (χ3n) is 3.99. The Bertz CT molecular complexity index is 648. The Hall–Kier alpha value is -2.15. The standard InChI is InChI=1S/C15H21N5O2/c1-3-19-10-11(9-17-19)18-15(21)12-6-8-22-14(12)13-5-7-16-20(13)4-2/h5,7,9-10,12,14H,3-4,6,8H2,1-2H3,(H,18,21)/t12-,14-/m1/s1. The molecule has 3 heterocycles. The van der Waals surface area contributed by atoms with E-state index in [4.69, 9.17) is 4.74 Å². The van der Waals surface area contributed by atoms with Crippen LogP contribution in [0.4, 0.5) is 5.69 Å². The highest BCUT2D eigenvalue weighted by molar-refractivity contribution is 5.92. The summed E-state index contributed by atoms with van der Waals surface area (Å²) in [5, 5.41) is 11.4. The number of nitrogens with zero attached hydrogens (tertiary/aromatic N) is 4. The molecule has 7 heteroatoms. The van der Waals surface area contributed by atoms with Crippen LogP contribution in [0.3, 0.4) is 0 Å². The van der Waals surface area contributed by atoms with Gasteiger partial charge < -0.3 is 10.1 Å². The number of carbonyl (C=O) groups is 1. The van der Waals surface area contributed by atoms with Crippen molar-refractivity contribution in [1.29, 1.82) is 0 Å². The molecule has 0 unspecified atom stereocenters. The smallest absolute Gasteiger partial charge is 0.230 e. The number of amides is 1. The van der Waals surface area contributed by atoms with Gasteiger partial charge in [0, 0.05) is 32.1 Å². The van der Waals surface area contributed by atoms with Gasteiger partial charge >= 0.3 is 0 Å². The molecule has 2 aromatic heterocycles. The van der Waals surface area contributed by atoms with E-state index in [9.17, 15) is 4.79 Å². The Morgan fingerprint density at radius 1 is 1.41 bits per heavy atom. The number of nitrogens with one attached hydrogen (secondary N) is 1. The molecule has 0 bridgehead atoms. The number of rotatable bonds is 5. The van der Waals surface area contributed by atoms with Crippen molar-refractivity contribution in [3.05, 3.63) is 30.4 Å². The molecule has 1 saturated heterocycles. The normalized spacial score (nSPS) is 21.2. The minimum absolute atomic E-state index is 0.0259. The lowest BCUT2D eigenvalue weighted by Gasteiger charge is -2.18. The summed E-state index contributed by atoms with van der Waals surface area (Å²) in [7, 11) is 0. The largest absolute Gasteiger partial charge is 0.371 e. The molecule has 0 radical (unpaired) electrons. The quantitative estimate of drug-likeness (QED) is 0.914. The maximum absolute atomic E-state index is 12.6. The summed E-state index contributed by atoms with van der Waals surface area (Å²) < 4.78 is 9.46. The average Bonchev–Trinajstić information content (AvgIpc) is 3.25. The van der Waals surface area contributed by atoms with Crippen LogP contribution in [0.1, 0.15) is 32.1 Å². The van der Waals surface area contributed by atoms with Crippen molar-refractivity contribution in [1.82, 2.24) is 19.6 Å². The first-order valence-electron chi connectivity index (χ1n) is 7.69. The number of carbonyl (C=O) groups excluding carboxylic acids is 1. The number of aromatic nitrogens is 4. The molecule has 22 heavy (non-hydrogen) atoms. The van der Waals surface area contributed by atoms with E-state index in [1.54, 1.807) is 17.1 Å². The van der Waals surface area contributed by atoms with Crippen LogP contribution >= 0.6 is 0 Å². The van der Waals surface area contributed by atoms with Gasteiger partial charge in [0.2, 0.25) is 5.91 Å². The van der Waals surface area contributed by atoms with Crippen molar-refractivity contribution in [2.45, 2.75) is 39.5 Å². The summed E-state index contributed by atoms with van der Waals surface area (Å²) in [6, 6.07) is 1.93. The van der Waals surface area contributed by atoms with Gasteiger partial charge in [-0.15, -0.1) is 0 Å². The van der Waals surface area contributed by atoms with E-state index in [1.807, 2.05) is 30.8 Å².